The number of nitrogens with two attached hydrogens (primary N) is 1. The normalized spacial score (nSPS) is 10.1. The number of nitrogens with zero attached hydrogens (tertiary/aromatic N) is 2. The molecule has 0 aliphatic rings. The number of H-pyrrole nitrogens is 1. The lowest BCUT2D eigenvalue weighted by Crippen LogP contribution is -2.27. The van der Waals surface area contributed by atoms with Crippen LogP contribution in [0.1, 0.15) is 16.8 Å². The lowest BCUT2D eigenvalue weighted by atomic mass is 10.1. The second kappa shape index (κ2) is 5.76. The highest BCUT2D eigenvalue weighted by molar-refractivity contribution is 5.99. The molecule has 0 bridgehead atoms. The van der Waals surface area contributed by atoms with Crippen molar-refractivity contribution in [3.05, 3.63) is 36.3 Å². The lowest BCUT2D eigenvalue weighted by molar-refractivity contribution is -0.117. The van der Waals surface area contributed by atoms with Crippen molar-refractivity contribution in [1.29, 1.82) is 0 Å². The van der Waals surface area contributed by atoms with Gasteiger partial charge in [0.15, 0.2) is 0 Å². The summed E-state index contributed by atoms with van der Waals surface area (Å²) in [5.41, 5.74) is 6.84. The van der Waals surface area contributed by atoms with Crippen LogP contribution in [0.3, 0.4) is 0 Å². The third-order valence-corrected chi connectivity index (χ3v) is 2.51. The smallest absolute Gasteiger partial charge is 0.255 e. The van der Waals surface area contributed by atoms with Gasteiger partial charge < -0.3 is 11.1 Å². The molecule has 0 aliphatic carbocycles. The number of hydrogen-bond donors (Lipinski definition) is 3. The number of carbonyl (C=O) groups excluding carboxylic acids is 2. The molecule has 0 saturated carbocycles. The summed E-state index contributed by atoms with van der Waals surface area (Å²) in [5, 5.41) is 9.25. The Labute approximate surface area is 109 Å². The summed E-state index contributed by atoms with van der Waals surface area (Å²) < 4.78 is 0. The van der Waals surface area contributed by atoms with E-state index in [1.165, 1.54) is 6.20 Å². The van der Waals surface area contributed by atoms with E-state index in [0.717, 1.165) is 5.56 Å². The topological polar surface area (TPSA) is 114 Å². The summed E-state index contributed by atoms with van der Waals surface area (Å²) in [7, 11) is 0. The van der Waals surface area contributed by atoms with Gasteiger partial charge in [-0.3, -0.25) is 19.7 Å². The first-order valence-electron chi connectivity index (χ1n) is 5.68. The van der Waals surface area contributed by atoms with Gasteiger partial charge in [0.2, 0.25) is 5.91 Å². The van der Waals surface area contributed by atoms with E-state index in [9.17, 15) is 9.59 Å². The minimum atomic E-state index is -0.457. The molecule has 7 heteroatoms. The lowest BCUT2D eigenvalue weighted by Gasteiger charge is -2.04. The van der Waals surface area contributed by atoms with Gasteiger partial charge in [0.25, 0.3) is 5.91 Å². The van der Waals surface area contributed by atoms with Gasteiger partial charge >= 0.3 is 0 Å². The zero-order valence-electron chi connectivity index (χ0n) is 10.1. The fraction of sp³-hybridized carbons (Fsp3) is 0.167. The van der Waals surface area contributed by atoms with Crippen molar-refractivity contribution in [3.8, 4) is 11.3 Å². The maximum Gasteiger partial charge on any atom is 0.255 e. The van der Waals surface area contributed by atoms with Gasteiger partial charge in [-0.05, 0) is 12.1 Å². The summed E-state index contributed by atoms with van der Waals surface area (Å²) in [6.45, 7) is 0.204. The number of primary amides is 1. The molecule has 0 radical (unpaired) electrons. The first-order chi connectivity index (χ1) is 9.18. The van der Waals surface area contributed by atoms with Crippen LogP contribution < -0.4 is 11.1 Å². The van der Waals surface area contributed by atoms with Gasteiger partial charge in [-0.2, -0.15) is 5.10 Å². The zero-order valence-corrected chi connectivity index (χ0v) is 10.1. The summed E-state index contributed by atoms with van der Waals surface area (Å²) in [6.07, 6.45) is 4.80. The van der Waals surface area contributed by atoms with E-state index in [-0.39, 0.29) is 18.9 Å². The van der Waals surface area contributed by atoms with Crippen molar-refractivity contribution in [2.24, 2.45) is 5.73 Å². The molecule has 0 atom stereocenters. The standard InChI is InChI=1S/C12H13N5O2/c13-10(18)3-6-15-12(19)9-7-16-17-11(9)8-1-4-14-5-2-8/h1-2,4-5,7H,3,6H2,(H2,13,18)(H,15,19)(H,16,17). The Morgan fingerprint density at radius 3 is 2.74 bits per heavy atom. The molecule has 7 nitrogen and oxygen atoms in total. The van der Waals surface area contributed by atoms with Crippen LogP contribution >= 0.6 is 0 Å². The van der Waals surface area contributed by atoms with E-state index in [4.69, 9.17) is 5.73 Å². The molecule has 0 aromatic carbocycles. The number of pyridine rings is 1. The summed E-state index contributed by atoms with van der Waals surface area (Å²) in [5.74, 6) is -0.760. The maximum atomic E-state index is 11.9. The molecular weight excluding hydrogens is 246 g/mol. The third-order valence-electron chi connectivity index (χ3n) is 2.51. The molecule has 2 aromatic rings. The molecule has 2 aromatic heterocycles. The van der Waals surface area contributed by atoms with Crippen LogP contribution in [0.2, 0.25) is 0 Å². The molecule has 0 saturated heterocycles. The second-order valence-corrected chi connectivity index (χ2v) is 3.87. The van der Waals surface area contributed by atoms with Crippen molar-refractivity contribution in [3.63, 3.8) is 0 Å². The summed E-state index contributed by atoms with van der Waals surface area (Å²) in [6, 6.07) is 3.54. The highest BCUT2D eigenvalue weighted by atomic mass is 16.2. The van der Waals surface area contributed by atoms with Gasteiger partial charge in [-0.15, -0.1) is 0 Å². The molecule has 2 heterocycles. The Morgan fingerprint density at radius 2 is 2.05 bits per heavy atom. The van der Waals surface area contributed by atoms with Crippen LogP contribution in [0, 0.1) is 0 Å². The third kappa shape index (κ3) is 3.15. The Balaban J connectivity index is 2.11. The van der Waals surface area contributed by atoms with Gasteiger partial charge in [0.1, 0.15) is 0 Å². The van der Waals surface area contributed by atoms with Crippen molar-refractivity contribution >= 4 is 11.8 Å². The minimum absolute atomic E-state index is 0.105. The van der Waals surface area contributed by atoms with E-state index < -0.39 is 5.91 Å². The average molecular weight is 259 g/mol. The number of amides is 2. The molecule has 0 spiro atoms. The zero-order chi connectivity index (χ0) is 13.7. The van der Waals surface area contributed by atoms with E-state index in [1.54, 1.807) is 24.5 Å². The van der Waals surface area contributed by atoms with Crippen molar-refractivity contribution < 1.29 is 9.59 Å². The van der Waals surface area contributed by atoms with E-state index in [0.29, 0.717) is 11.3 Å². The number of rotatable bonds is 5. The first-order valence-corrected chi connectivity index (χ1v) is 5.68. The van der Waals surface area contributed by atoms with E-state index >= 15 is 0 Å². The number of aromatic nitrogens is 3. The van der Waals surface area contributed by atoms with Crippen LogP contribution in [0.4, 0.5) is 0 Å². The van der Waals surface area contributed by atoms with Crippen LogP contribution in [-0.2, 0) is 4.79 Å². The van der Waals surface area contributed by atoms with Gasteiger partial charge in [-0.25, -0.2) is 0 Å². The van der Waals surface area contributed by atoms with Crippen molar-refractivity contribution in [2.75, 3.05) is 6.54 Å². The number of nitrogens with one attached hydrogen (secondary N) is 2. The number of carbonyl (C=O) groups is 2. The number of aromatic amines is 1. The molecule has 0 unspecified atom stereocenters. The SMILES string of the molecule is NC(=O)CCNC(=O)c1cn[nH]c1-c1ccncc1. The summed E-state index contributed by atoms with van der Waals surface area (Å²) >= 11 is 0. The van der Waals surface area contributed by atoms with Crippen molar-refractivity contribution in [2.45, 2.75) is 6.42 Å². The van der Waals surface area contributed by atoms with Crippen molar-refractivity contribution in [1.82, 2.24) is 20.5 Å². The maximum absolute atomic E-state index is 11.9. The predicted molar refractivity (Wildman–Crippen MR) is 68.0 cm³/mol. The Morgan fingerprint density at radius 1 is 1.32 bits per heavy atom. The highest BCUT2D eigenvalue weighted by Crippen LogP contribution is 2.19. The van der Waals surface area contributed by atoms with Crippen LogP contribution in [0.25, 0.3) is 11.3 Å². The van der Waals surface area contributed by atoms with Gasteiger partial charge in [-0.1, -0.05) is 0 Å². The molecule has 4 N–H and O–H groups in total. The first kappa shape index (κ1) is 12.7. The Bertz CT molecular complexity index is 579. The monoisotopic (exact) mass is 259 g/mol. The van der Waals surface area contributed by atoms with Crippen LogP contribution in [0.15, 0.2) is 30.7 Å². The molecule has 0 aliphatic heterocycles. The van der Waals surface area contributed by atoms with Gasteiger partial charge in [0.05, 0.1) is 17.5 Å². The van der Waals surface area contributed by atoms with Gasteiger partial charge in [0, 0.05) is 30.9 Å². The molecular formula is C12H13N5O2. The quantitative estimate of drug-likeness (QED) is 0.705. The Kier molecular flexibility index (Phi) is 3.87. The average Bonchev–Trinajstić information content (AvgIpc) is 2.88. The molecule has 0 fully saturated rings. The molecule has 2 amide bonds. The highest BCUT2D eigenvalue weighted by Gasteiger charge is 2.14. The van der Waals surface area contributed by atoms with E-state index in [1.807, 2.05) is 0 Å². The number of hydrogen-bond acceptors (Lipinski definition) is 4. The molecule has 19 heavy (non-hydrogen) atoms. The van der Waals surface area contributed by atoms with Crippen LogP contribution in [0.5, 0.6) is 0 Å². The minimum Gasteiger partial charge on any atom is -0.370 e. The Hall–Kier alpha value is -2.70. The van der Waals surface area contributed by atoms with E-state index in [2.05, 4.69) is 20.5 Å². The largest absolute Gasteiger partial charge is 0.370 e. The predicted octanol–water partition coefficient (Wildman–Crippen LogP) is 0.0769. The molecule has 98 valence electrons. The fourth-order valence-electron chi connectivity index (χ4n) is 1.59. The fourth-order valence-corrected chi connectivity index (χ4v) is 1.59. The molecule has 2 rings (SSSR count). The second-order valence-electron chi connectivity index (χ2n) is 3.87. The van der Waals surface area contributed by atoms with Crippen LogP contribution in [-0.4, -0.2) is 33.5 Å². The summed E-state index contributed by atoms with van der Waals surface area (Å²) in [4.78, 5) is 26.5.